The second-order valence-corrected chi connectivity index (χ2v) is 11.0. The number of rotatable bonds is 10. The Labute approximate surface area is 167 Å². The second-order valence-electron chi connectivity index (χ2n) is 11.0. The lowest BCUT2D eigenvalue weighted by Crippen LogP contribution is -2.45. The summed E-state index contributed by atoms with van der Waals surface area (Å²) >= 11 is 0. The van der Waals surface area contributed by atoms with Crippen LogP contribution in [0.25, 0.3) is 0 Å². The third-order valence-electron chi connectivity index (χ3n) is 6.26. The topological polar surface area (TPSA) is 51.8 Å². The molecule has 0 spiro atoms. The molecule has 0 radical (unpaired) electrons. The van der Waals surface area contributed by atoms with Crippen molar-refractivity contribution in [2.45, 2.75) is 90.4 Å². The molecule has 2 aliphatic rings. The zero-order chi connectivity index (χ0) is 20.3. The van der Waals surface area contributed by atoms with E-state index in [0.717, 1.165) is 26.1 Å². The van der Waals surface area contributed by atoms with Gasteiger partial charge in [0.2, 0.25) is 0 Å². The second kappa shape index (κ2) is 8.66. The molecular formula is C22H44N2O3. The minimum absolute atomic E-state index is 0.135. The summed E-state index contributed by atoms with van der Waals surface area (Å²) in [5.74, 6) is 1.09. The summed E-state index contributed by atoms with van der Waals surface area (Å²) in [6.45, 7) is 22.3. The van der Waals surface area contributed by atoms with E-state index in [0.29, 0.717) is 38.3 Å². The predicted molar refractivity (Wildman–Crippen MR) is 111 cm³/mol. The highest BCUT2D eigenvalue weighted by Crippen LogP contribution is 2.36. The molecular weight excluding hydrogens is 340 g/mol. The molecule has 2 N–H and O–H groups in total. The molecule has 2 aliphatic heterocycles. The third kappa shape index (κ3) is 6.97. The Balaban J connectivity index is 1.49. The van der Waals surface area contributed by atoms with Gasteiger partial charge in [-0.3, -0.25) is 0 Å². The molecule has 0 amide bonds. The lowest BCUT2D eigenvalue weighted by atomic mass is 9.88. The maximum Gasteiger partial charge on any atom is 0.0701 e. The first-order chi connectivity index (χ1) is 12.3. The summed E-state index contributed by atoms with van der Waals surface area (Å²) in [5.41, 5.74) is 0.666. The van der Waals surface area contributed by atoms with E-state index in [2.05, 4.69) is 66.0 Å². The Morgan fingerprint density at radius 1 is 0.593 bits per heavy atom. The molecule has 0 aromatic heterocycles. The Bertz CT molecular complexity index is 432. The lowest BCUT2D eigenvalue weighted by Gasteiger charge is -2.28. The van der Waals surface area contributed by atoms with Crippen molar-refractivity contribution in [3.63, 3.8) is 0 Å². The molecule has 160 valence electrons. The standard InChI is InChI=1S/C22H44N2O3/c1-19(2)13-17(21(5,6)23-19)15-26-11-9-25-10-12-27-16-18-14-20(3,4)24-22(18,7)8/h17-18,23-24H,9-16H2,1-8H3. The first-order valence-electron chi connectivity index (χ1n) is 10.6. The van der Waals surface area contributed by atoms with Crippen molar-refractivity contribution >= 4 is 0 Å². The van der Waals surface area contributed by atoms with Crippen molar-refractivity contribution in [3.8, 4) is 0 Å². The highest BCUT2D eigenvalue weighted by atomic mass is 16.5. The zero-order valence-corrected chi connectivity index (χ0v) is 19.0. The molecule has 0 aliphatic carbocycles. The van der Waals surface area contributed by atoms with Crippen LogP contribution in [0, 0.1) is 11.8 Å². The van der Waals surface area contributed by atoms with Gasteiger partial charge in [-0.25, -0.2) is 0 Å². The number of ether oxygens (including phenoxy) is 3. The smallest absolute Gasteiger partial charge is 0.0701 e. The summed E-state index contributed by atoms with van der Waals surface area (Å²) in [4.78, 5) is 0. The van der Waals surface area contributed by atoms with Gasteiger partial charge in [0.25, 0.3) is 0 Å². The van der Waals surface area contributed by atoms with Crippen LogP contribution in [0.1, 0.15) is 68.2 Å². The maximum absolute atomic E-state index is 5.87. The summed E-state index contributed by atoms with van der Waals surface area (Å²) in [6.07, 6.45) is 2.30. The Morgan fingerprint density at radius 3 is 1.22 bits per heavy atom. The van der Waals surface area contributed by atoms with Crippen LogP contribution in [0.3, 0.4) is 0 Å². The number of hydrogen-bond donors (Lipinski definition) is 2. The van der Waals surface area contributed by atoms with Gasteiger partial charge < -0.3 is 24.8 Å². The Kier molecular flexibility index (Phi) is 7.41. The molecule has 0 bridgehead atoms. The minimum atomic E-state index is 0.135. The molecule has 2 unspecified atom stereocenters. The SMILES string of the molecule is CC1(C)CC(COCCOCCOCC2CC(C)(C)NC2(C)C)C(C)(C)N1. The highest BCUT2D eigenvalue weighted by Gasteiger charge is 2.44. The van der Waals surface area contributed by atoms with Crippen molar-refractivity contribution in [1.82, 2.24) is 10.6 Å². The summed E-state index contributed by atoms with van der Waals surface area (Å²) in [6, 6.07) is 0. The Hall–Kier alpha value is -0.200. The van der Waals surface area contributed by atoms with Crippen LogP contribution < -0.4 is 10.6 Å². The largest absolute Gasteiger partial charge is 0.379 e. The summed E-state index contributed by atoms with van der Waals surface area (Å²) in [7, 11) is 0. The first kappa shape index (κ1) is 23.1. The van der Waals surface area contributed by atoms with Crippen molar-refractivity contribution in [1.29, 1.82) is 0 Å². The van der Waals surface area contributed by atoms with Gasteiger partial charge in [-0.2, -0.15) is 0 Å². The fraction of sp³-hybridized carbons (Fsp3) is 1.00. The van der Waals surface area contributed by atoms with E-state index in [1.165, 1.54) is 0 Å². The molecule has 27 heavy (non-hydrogen) atoms. The van der Waals surface area contributed by atoms with Gasteiger partial charge >= 0.3 is 0 Å². The fourth-order valence-corrected chi connectivity index (χ4v) is 5.12. The third-order valence-corrected chi connectivity index (χ3v) is 6.26. The van der Waals surface area contributed by atoms with Gasteiger partial charge in [0.1, 0.15) is 0 Å². The first-order valence-corrected chi connectivity index (χ1v) is 10.6. The average molecular weight is 385 g/mol. The highest BCUT2D eigenvalue weighted by molar-refractivity contribution is 5.03. The summed E-state index contributed by atoms with van der Waals surface area (Å²) < 4.78 is 17.4. The normalized spacial score (nSPS) is 30.7. The van der Waals surface area contributed by atoms with E-state index in [1.807, 2.05) is 0 Å². The molecule has 2 rings (SSSR count). The van der Waals surface area contributed by atoms with Crippen molar-refractivity contribution < 1.29 is 14.2 Å². The van der Waals surface area contributed by atoms with Crippen molar-refractivity contribution in [3.05, 3.63) is 0 Å². The fourth-order valence-electron chi connectivity index (χ4n) is 5.12. The molecule has 0 aromatic rings. The number of nitrogens with one attached hydrogen (secondary N) is 2. The molecule has 2 heterocycles. The molecule has 2 atom stereocenters. The van der Waals surface area contributed by atoms with Crippen LogP contribution in [0.15, 0.2) is 0 Å². The van der Waals surface area contributed by atoms with Crippen LogP contribution in [0.2, 0.25) is 0 Å². The average Bonchev–Trinajstić information content (AvgIpc) is 2.82. The van der Waals surface area contributed by atoms with E-state index in [1.54, 1.807) is 0 Å². The zero-order valence-electron chi connectivity index (χ0n) is 19.0. The van der Waals surface area contributed by atoms with Crippen LogP contribution >= 0.6 is 0 Å². The van der Waals surface area contributed by atoms with Crippen LogP contribution in [-0.2, 0) is 14.2 Å². The van der Waals surface area contributed by atoms with Gasteiger partial charge in [0.05, 0.1) is 39.6 Å². The van der Waals surface area contributed by atoms with Gasteiger partial charge in [-0.1, -0.05) is 0 Å². The maximum atomic E-state index is 5.87. The summed E-state index contributed by atoms with van der Waals surface area (Å²) in [5, 5.41) is 7.39. The van der Waals surface area contributed by atoms with E-state index in [-0.39, 0.29) is 22.2 Å². The van der Waals surface area contributed by atoms with Crippen molar-refractivity contribution in [2.24, 2.45) is 11.8 Å². The Morgan fingerprint density at radius 2 is 0.926 bits per heavy atom. The monoisotopic (exact) mass is 384 g/mol. The van der Waals surface area contributed by atoms with Gasteiger partial charge in [-0.05, 0) is 68.2 Å². The quantitative estimate of drug-likeness (QED) is 0.566. The molecule has 2 fully saturated rings. The van der Waals surface area contributed by atoms with Gasteiger partial charge in [-0.15, -0.1) is 0 Å². The molecule has 5 nitrogen and oxygen atoms in total. The van der Waals surface area contributed by atoms with Crippen LogP contribution in [0.4, 0.5) is 0 Å². The van der Waals surface area contributed by atoms with Crippen molar-refractivity contribution in [2.75, 3.05) is 39.6 Å². The minimum Gasteiger partial charge on any atom is -0.379 e. The van der Waals surface area contributed by atoms with E-state index in [9.17, 15) is 0 Å². The molecule has 5 heteroatoms. The molecule has 2 saturated heterocycles. The molecule has 0 saturated carbocycles. The van der Waals surface area contributed by atoms with E-state index < -0.39 is 0 Å². The van der Waals surface area contributed by atoms with Gasteiger partial charge in [0, 0.05) is 34.0 Å². The van der Waals surface area contributed by atoms with E-state index in [4.69, 9.17) is 14.2 Å². The van der Waals surface area contributed by atoms with E-state index >= 15 is 0 Å². The van der Waals surface area contributed by atoms with Gasteiger partial charge in [0.15, 0.2) is 0 Å². The number of hydrogen-bond acceptors (Lipinski definition) is 5. The predicted octanol–water partition coefficient (Wildman–Crippen LogP) is 3.37. The van der Waals surface area contributed by atoms with Crippen LogP contribution in [0.5, 0.6) is 0 Å². The van der Waals surface area contributed by atoms with Crippen LogP contribution in [-0.4, -0.2) is 61.8 Å². The molecule has 0 aromatic carbocycles. The lowest BCUT2D eigenvalue weighted by molar-refractivity contribution is -0.00492.